The lowest BCUT2D eigenvalue weighted by atomic mass is 9.91. The molecule has 4 heteroatoms. The minimum Gasteiger partial charge on any atom is -0.388 e. The molecule has 0 radical (unpaired) electrons. The number of hydroxylamine groups is 2. The van der Waals surface area contributed by atoms with Crippen molar-refractivity contribution in [1.82, 2.24) is 5.06 Å². The number of hydrogen-bond acceptors (Lipinski definition) is 3. The molecule has 1 amide bonds. The molecule has 96 valence electrons. The molecule has 18 heavy (non-hydrogen) atoms. The number of nitrogens with zero attached hydrogens (tertiary/aromatic N) is 1. The second-order valence-corrected chi connectivity index (χ2v) is 4.53. The van der Waals surface area contributed by atoms with Gasteiger partial charge in [0.2, 0.25) is 5.91 Å². The largest absolute Gasteiger partial charge is 0.388 e. The summed E-state index contributed by atoms with van der Waals surface area (Å²) in [7, 11) is 0. The molecule has 0 aliphatic heterocycles. The second-order valence-electron chi connectivity index (χ2n) is 4.53. The summed E-state index contributed by atoms with van der Waals surface area (Å²) >= 11 is 0. The Hall–Kier alpha value is -1.65. The van der Waals surface area contributed by atoms with Crippen LogP contribution in [0, 0.1) is 5.92 Å². The standard InChI is InChI=1S/C14H17NO3/c1-10(16)15(18)13-9-5-8-12(13)14(17)11-6-3-2-4-7-11/h2-8,12-14,17-18H,9H2,1H3. The molecule has 2 N–H and O–H groups in total. The summed E-state index contributed by atoms with van der Waals surface area (Å²) in [4.78, 5) is 11.2. The fourth-order valence-electron chi connectivity index (χ4n) is 2.35. The van der Waals surface area contributed by atoms with E-state index in [1.807, 2.05) is 42.5 Å². The Bertz CT molecular complexity index is 444. The molecular weight excluding hydrogens is 230 g/mol. The maximum absolute atomic E-state index is 11.2. The first-order chi connectivity index (χ1) is 8.61. The average molecular weight is 247 g/mol. The van der Waals surface area contributed by atoms with Crippen molar-refractivity contribution in [3.05, 3.63) is 48.0 Å². The topological polar surface area (TPSA) is 60.8 Å². The van der Waals surface area contributed by atoms with Gasteiger partial charge in [0.1, 0.15) is 0 Å². The molecule has 0 spiro atoms. The normalized spacial score (nSPS) is 23.9. The van der Waals surface area contributed by atoms with E-state index in [1.54, 1.807) is 0 Å². The van der Waals surface area contributed by atoms with Gasteiger partial charge in [-0.25, -0.2) is 5.06 Å². The number of benzene rings is 1. The lowest BCUT2D eigenvalue weighted by Crippen LogP contribution is -2.40. The van der Waals surface area contributed by atoms with Gasteiger partial charge in [0.05, 0.1) is 12.1 Å². The van der Waals surface area contributed by atoms with Crippen molar-refractivity contribution in [1.29, 1.82) is 0 Å². The van der Waals surface area contributed by atoms with Crippen molar-refractivity contribution in [2.24, 2.45) is 5.92 Å². The van der Waals surface area contributed by atoms with Gasteiger partial charge in [-0.05, 0) is 12.0 Å². The highest BCUT2D eigenvalue weighted by atomic mass is 16.5. The predicted molar refractivity (Wildman–Crippen MR) is 66.7 cm³/mol. The molecule has 0 saturated heterocycles. The van der Waals surface area contributed by atoms with Gasteiger partial charge in [-0.2, -0.15) is 0 Å². The zero-order valence-electron chi connectivity index (χ0n) is 10.2. The number of amides is 1. The van der Waals surface area contributed by atoms with Gasteiger partial charge in [-0.3, -0.25) is 10.0 Å². The first kappa shape index (κ1) is 12.8. The molecular formula is C14H17NO3. The van der Waals surface area contributed by atoms with Crippen LogP contribution < -0.4 is 0 Å². The first-order valence-electron chi connectivity index (χ1n) is 5.99. The maximum Gasteiger partial charge on any atom is 0.243 e. The predicted octanol–water partition coefficient (Wildman–Crippen LogP) is 1.90. The molecule has 3 atom stereocenters. The minimum atomic E-state index is -0.719. The fourth-order valence-corrected chi connectivity index (χ4v) is 2.35. The molecule has 1 aromatic rings. The van der Waals surface area contributed by atoms with E-state index < -0.39 is 18.1 Å². The molecule has 0 bridgehead atoms. The molecule has 1 aliphatic rings. The van der Waals surface area contributed by atoms with Crippen molar-refractivity contribution in [2.75, 3.05) is 0 Å². The van der Waals surface area contributed by atoms with E-state index in [9.17, 15) is 15.1 Å². The highest BCUT2D eigenvalue weighted by Crippen LogP contribution is 2.33. The summed E-state index contributed by atoms with van der Waals surface area (Å²) < 4.78 is 0. The highest BCUT2D eigenvalue weighted by molar-refractivity contribution is 5.72. The smallest absolute Gasteiger partial charge is 0.243 e. The third-order valence-electron chi connectivity index (χ3n) is 3.32. The molecule has 2 rings (SSSR count). The van der Waals surface area contributed by atoms with Crippen LogP contribution in [-0.4, -0.2) is 27.3 Å². The molecule has 4 nitrogen and oxygen atoms in total. The summed E-state index contributed by atoms with van der Waals surface area (Å²) in [6, 6.07) is 8.87. The van der Waals surface area contributed by atoms with Gasteiger partial charge >= 0.3 is 0 Å². The first-order valence-corrected chi connectivity index (χ1v) is 5.99. The van der Waals surface area contributed by atoms with Gasteiger partial charge in [0.15, 0.2) is 0 Å². The molecule has 1 aromatic carbocycles. The number of rotatable bonds is 3. The van der Waals surface area contributed by atoms with E-state index >= 15 is 0 Å². The van der Waals surface area contributed by atoms with E-state index in [4.69, 9.17) is 0 Å². The summed E-state index contributed by atoms with van der Waals surface area (Å²) in [5.41, 5.74) is 0.788. The molecule has 1 aliphatic carbocycles. The Morgan fingerprint density at radius 3 is 2.67 bits per heavy atom. The van der Waals surface area contributed by atoms with Crippen LogP contribution >= 0.6 is 0 Å². The third-order valence-corrected chi connectivity index (χ3v) is 3.32. The summed E-state index contributed by atoms with van der Waals surface area (Å²) in [6.07, 6.45) is 3.58. The lowest BCUT2D eigenvalue weighted by molar-refractivity contribution is -0.178. The summed E-state index contributed by atoms with van der Waals surface area (Å²) in [6.45, 7) is 1.31. The average Bonchev–Trinajstić information content (AvgIpc) is 2.87. The Morgan fingerprint density at radius 2 is 2.06 bits per heavy atom. The Labute approximate surface area is 106 Å². The van der Waals surface area contributed by atoms with Gasteiger partial charge < -0.3 is 5.11 Å². The van der Waals surface area contributed by atoms with Crippen molar-refractivity contribution in [2.45, 2.75) is 25.5 Å². The fraction of sp³-hybridized carbons (Fsp3) is 0.357. The molecule has 0 heterocycles. The number of carbonyl (C=O) groups excluding carboxylic acids is 1. The van der Waals surface area contributed by atoms with E-state index in [1.165, 1.54) is 6.92 Å². The number of aliphatic hydroxyl groups is 1. The molecule has 0 aromatic heterocycles. The minimum absolute atomic E-state index is 0.277. The summed E-state index contributed by atoms with van der Waals surface area (Å²) in [5, 5.41) is 20.8. The van der Waals surface area contributed by atoms with Crippen LogP contribution in [0.2, 0.25) is 0 Å². The SMILES string of the molecule is CC(=O)N(O)C1CC=CC1C(O)c1ccccc1. The quantitative estimate of drug-likeness (QED) is 0.487. The van der Waals surface area contributed by atoms with Crippen LogP contribution in [0.3, 0.4) is 0 Å². The number of aliphatic hydroxyl groups excluding tert-OH is 1. The van der Waals surface area contributed by atoms with E-state index in [0.717, 1.165) is 10.6 Å². The Morgan fingerprint density at radius 1 is 1.39 bits per heavy atom. The van der Waals surface area contributed by atoms with Crippen molar-refractivity contribution < 1.29 is 15.1 Å². The van der Waals surface area contributed by atoms with Crippen molar-refractivity contribution >= 4 is 5.91 Å². The number of carbonyl (C=O) groups is 1. The number of hydrogen-bond donors (Lipinski definition) is 2. The van der Waals surface area contributed by atoms with Crippen LogP contribution in [-0.2, 0) is 4.79 Å². The molecule has 3 unspecified atom stereocenters. The van der Waals surface area contributed by atoms with Crippen LogP contribution in [0.1, 0.15) is 25.0 Å². The monoisotopic (exact) mass is 247 g/mol. The Kier molecular flexibility index (Phi) is 3.79. The van der Waals surface area contributed by atoms with Crippen LogP contribution in [0.25, 0.3) is 0 Å². The van der Waals surface area contributed by atoms with Crippen LogP contribution in [0.15, 0.2) is 42.5 Å². The van der Waals surface area contributed by atoms with E-state index in [0.29, 0.717) is 6.42 Å². The molecule has 0 saturated carbocycles. The third kappa shape index (κ3) is 2.44. The zero-order valence-corrected chi connectivity index (χ0v) is 10.2. The summed E-state index contributed by atoms with van der Waals surface area (Å²) in [5.74, 6) is -0.685. The highest BCUT2D eigenvalue weighted by Gasteiger charge is 2.34. The van der Waals surface area contributed by atoms with Crippen LogP contribution in [0.5, 0.6) is 0 Å². The van der Waals surface area contributed by atoms with Gasteiger partial charge in [-0.1, -0.05) is 42.5 Å². The van der Waals surface area contributed by atoms with E-state index in [-0.39, 0.29) is 5.92 Å². The second kappa shape index (κ2) is 5.33. The van der Waals surface area contributed by atoms with Gasteiger partial charge in [0.25, 0.3) is 0 Å². The van der Waals surface area contributed by atoms with Crippen molar-refractivity contribution in [3.8, 4) is 0 Å². The van der Waals surface area contributed by atoms with Gasteiger partial charge in [0, 0.05) is 12.8 Å². The van der Waals surface area contributed by atoms with Crippen LogP contribution in [0.4, 0.5) is 0 Å². The lowest BCUT2D eigenvalue weighted by Gasteiger charge is -2.29. The van der Waals surface area contributed by atoms with Gasteiger partial charge in [-0.15, -0.1) is 0 Å². The van der Waals surface area contributed by atoms with Crippen molar-refractivity contribution in [3.63, 3.8) is 0 Å². The zero-order chi connectivity index (χ0) is 13.1. The van der Waals surface area contributed by atoms with E-state index in [2.05, 4.69) is 0 Å². The molecule has 0 fully saturated rings. The maximum atomic E-state index is 11.2. The Balaban J connectivity index is 2.17.